The fraction of sp³-hybridized carbons (Fsp3) is 0.364. The second kappa shape index (κ2) is 5.98. The lowest BCUT2D eigenvalue weighted by Gasteiger charge is -2.10. The fourth-order valence-corrected chi connectivity index (χ4v) is 2.61. The van der Waals surface area contributed by atoms with Gasteiger partial charge in [-0.1, -0.05) is 11.1 Å². The van der Waals surface area contributed by atoms with Crippen LogP contribution in [0.5, 0.6) is 5.75 Å². The van der Waals surface area contributed by atoms with Crippen molar-refractivity contribution in [3.63, 3.8) is 0 Å². The molecule has 0 aliphatic heterocycles. The first-order valence-electron chi connectivity index (χ1n) is 5.63. The summed E-state index contributed by atoms with van der Waals surface area (Å²) in [6.07, 6.45) is 1.44. The van der Waals surface area contributed by atoms with E-state index in [0.29, 0.717) is 0 Å². The van der Waals surface area contributed by atoms with Crippen molar-refractivity contribution in [2.75, 3.05) is 0 Å². The number of nitro groups is 1. The zero-order valence-electron chi connectivity index (χ0n) is 10.0. The number of hydrogen-bond acceptors (Lipinski definition) is 6. The Balaban J connectivity index is 2.35. The summed E-state index contributed by atoms with van der Waals surface area (Å²) in [6.45, 7) is 0. The van der Waals surface area contributed by atoms with Gasteiger partial charge in [0.2, 0.25) is 5.75 Å². The van der Waals surface area contributed by atoms with Crippen LogP contribution in [0.3, 0.4) is 0 Å². The molecule has 1 saturated carbocycles. The van der Waals surface area contributed by atoms with Crippen LogP contribution in [0.15, 0.2) is 16.6 Å². The number of carbonyl (C=O) groups is 1. The maximum absolute atomic E-state index is 11.6. The molecule has 1 aliphatic rings. The van der Waals surface area contributed by atoms with E-state index in [1.807, 2.05) is 0 Å². The second-order valence-corrected chi connectivity index (χ2v) is 6.08. The van der Waals surface area contributed by atoms with Crippen LogP contribution in [0.25, 0.3) is 0 Å². The van der Waals surface area contributed by atoms with E-state index < -0.39 is 27.7 Å². The highest BCUT2D eigenvalue weighted by atomic mass is 79.9. The third kappa shape index (κ3) is 3.62. The number of hydrogen-bond donors (Lipinski definition) is 0. The molecule has 0 bridgehead atoms. The van der Waals surface area contributed by atoms with Crippen LogP contribution in [0.1, 0.15) is 18.4 Å². The van der Waals surface area contributed by atoms with E-state index in [9.17, 15) is 23.7 Å². The Bertz CT molecular complexity index is 601. The van der Waals surface area contributed by atoms with Gasteiger partial charge in [0, 0.05) is 11.8 Å². The van der Waals surface area contributed by atoms with Crippen LogP contribution in [0, 0.1) is 16.0 Å². The normalized spacial score (nSPS) is 15.7. The minimum absolute atomic E-state index is 0.182. The summed E-state index contributed by atoms with van der Waals surface area (Å²) < 4.78 is 26.5. The minimum atomic E-state index is -2.36. The van der Waals surface area contributed by atoms with Crippen LogP contribution in [0.2, 0.25) is 0 Å². The number of ether oxygens (including phenoxy) is 1. The van der Waals surface area contributed by atoms with Crippen LogP contribution in [0.4, 0.5) is 5.69 Å². The Kier molecular flexibility index (Phi) is 4.51. The Morgan fingerprint density at radius 3 is 2.65 bits per heavy atom. The third-order valence-electron chi connectivity index (χ3n) is 2.68. The molecule has 1 unspecified atom stereocenters. The molecule has 2 rings (SSSR count). The first-order chi connectivity index (χ1) is 9.38. The molecule has 20 heavy (non-hydrogen) atoms. The van der Waals surface area contributed by atoms with Crippen molar-refractivity contribution in [1.82, 2.24) is 0 Å². The fourth-order valence-electron chi connectivity index (χ4n) is 1.59. The molecule has 0 radical (unpaired) electrons. The summed E-state index contributed by atoms with van der Waals surface area (Å²) >= 11 is 0.709. The van der Waals surface area contributed by atoms with Crippen molar-refractivity contribution in [1.29, 1.82) is 0 Å². The third-order valence-corrected chi connectivity index (χ3v) is 3.84. The van der Waals surface area contributed by atoms with E-state index in [1.54, 1.807) is 0 Å². The molecule has 108 valence electrons. The van der Waals surface area contributed by atoms with E-state index in [4.69, 9.17) is 4.74 Å². The summed E-state index contributed by atoms with van der Waals surface area (Å²) in [6, 6.07) is 2.48. The number of esters is 1. The van der Waals surface area contributed by atoms with Crippen LogP contribution in [-0.4, -0.2) is 19.7 Å². The number of nitrogens with zero attached hydrogens (tertiary/aromatic N) is 1. The Hall–Kier alpha value is -1.32. The molecule has 0 N–H and O–H groups in total. The smallest absolute Gasteiger partial charge is 0.314 e. The van der Waals surface area contributed by atoms with Gasteiger partial charge < -0.3 is 9.29 Å². The lowest BCUT2D eigenvalue weighted by molar-refractivity contribution is -0.385. The second-order valence-electron chi connectivity index (χ2n) is 4.33. The summed E-state index contributed by atoms with van der Waals surface area (Å²) in [5, 5.41) is 11.0. The predicted molar refractivity (Wildman–Crippen MR) is 71.8 cm³/mol. The number of halogens is 1. The molecule has 0 spiro atoms. The average molecular weight is 363 g/mol. The van der Waals surface area contributed by atoms with Crippen molar-refractivity contribution < 1.29 is 23.2 Å². The van der Waals surface area contributed by atoms with Crippen LogP contribution >= 0.6 is 15.9 Å². The topological polar surface area (TPSA) is 110 Å². The molecule has 9 heteroatoms. The standard InChI is InChI=1S/C11H10BrNO6S/c12-8-3-6(5-20(17)18)4-9(13(15)16)10(8)19-11(14)7-1-2-7/h3-4,7H,1-2,5H2,(H,17,18)/p-1. The van der Waals surface area contributed by atoms with E-state index in [1.165, 1.54) is 6.07 Å². The summed E-state index contributed by atoms with van der Waals surface area (Å²) in [5.41, 5.74) is -0.197. The molecular weight excluding hydrogens is 354 g/mol. The maximum Gasteiger partial charge on any atom is 0.314 e. The van der Waals surface area contributed by atoms with E-state index in [-0.39, 0.29) is 27.5 Å². The summed E-state index contributed by atoms with van der Waals surface area (Å²) in [4.78, 5) is 21.9. The molecule has 0 heterocycles. The largest absolute Gasteiger partial charge is 0.772 e. The van der Waals surface area contributed by atoms with Crippen LogP contribution < -0.4 is 4.74 Å². The Morgan fingerprint density at radius 2 is 2.15 bits per heavy atom. The SMILES string of the molecule is O=C(Oc1c(Br)cc(CS(=O)[O-])cc1[N+](=O)[O-])C1CC1. The van der Waals surface area contributed by atoms with Gasteiger partial charge in [0.1, 0.15) is 0 Å². The van der Waals surface area contributed by atoms with Crippen molar-refractivity contribution >= 4 is 38.7 Å². The predicted octanol–water partition coefficient (Wildman–Crippen LogP) is 2.05. The lowest BCUT2D eigenvalue weighted by Crippen LogP contribution is -2.12. The number of nitro benzene ring substituents is 1. The molecule has 1 aliphatic carbocycles. The van der Waals surface area contributed by atoms with Crippen molar-refractivity contribution in [3.8, 4) is 5.75 Å². The van der Waals surface area contributed by atoms with Crippen molar-refractivity contribution in [3.05, 3.63) is 32.3 Å². The average Bonchev–Trinajstić information content (AvgIpc) is 3.14. The molecule has 1 atom stereocenters. The molecule has 7 nitrogen and oxygen atoms in total. The number of rotatable bonds is 5. The molecule has 0 amide bonds. The monoisotopic (exact) mass is 362 g/mol. The van der Waals surface area contributed by atoms with Gasteiger partial charge in [-0.2, -0.15) is 0 Å². The van der Waals surface area contributed by atoms with E-state index >= 15 is 0 Å². The maximum atomic E-state index is 11.6. The van der Waals surface area contributed by atoms with Gasteiger partial charge in [-0.05, 0) is 40.4 Å². The number of benzene rings is 1. The lowest BCUT2D eigenvalue weighted by atomic mass is 10.2. The van der Waals surface area contributed by atoms with Gasteiger partial charge in [-0.15, -0.1) is 0 Å². The van der Waals surface area contributed by atoms with E-state index in [2.05, 4.69) is 15.9 Å². The van der Waals surface area contributed by atoms with Crippen molar-refractivity contribution in [2.45, 2.75) is 18.6 Å². The van der Waals surface area contributed by atoms with Gasteiger partial charge in [-0.3, -0.25) is 19.1 Å². The molecular formula is C11H9BrNO6S-. The highest BCUT2D eigenvalue weighted by Crippen LogP contribution is 2.39. The van der Waals surface area contributed by atoms with Gasteiger partial charge >= 0.3 is 11.7 Å². The summed E-state index contributed by atoms with van der Waals surface area (Å²) in [7, 11) is 0. The van der Waals surface area contributed by atoms with Gasteiger partial charge in [0.25, 0.3) is 0 Å². The number of carbonyl (C=O) groups excluding carboxylic acids is 1. The van der Waals surface area contributed by atoms with Crippen molar-refractivity contribution in [2.24, 2.45) is 5.92 Å². The minimum Gasteiger partial charge on any atom is -0.772 e. The highest BCUT2D eigenvalue weighted by molar-refractivity contribution is 9.10. The Morgan fingerprint density at radius 1 is 1.50 bits per heavy atom. The van der Waals surface area contributed by atoms with Crippen LogP contribution in [-0.2, 0) is 21.6 Å². The molecule has 0 saturated heterocycles. The highest BCUT2D eigenvalue weighted by Gasteiger charge is 2.34. The summed E-state index contributed by atoms with van der Waals surface area (Å²) in [5.74, 6) is -1.24. The first kappa shape index (κ1) is 15.1. The Labute approximate surface area is 124 Å². The quantitative estimate of drug-likeness (QED) is 0.260. The van der Waals surface area contributed by atoms with Gasteiger partial charge in [0.15, 0.2) is 0 Å². The molecule has 0 aromatic heterocycles. The van der Waals surface area contributed by atoms with Gasteiger partial charge in [0.05, 0.1) is 15.3 Å². The molecule has 1 aromatic rings. The molecule has 1 aromatic carbocycles. The zero-order valence-corrected chi connectivity index (χ0v) is 12.4. The van der Waals surface area contributed by atoms with Gasteiger partial charge in [-0.25, -0.2) is 0 Å². The zero-order chi connectivity index (χ0) is 14.9. The molecule has 1 fully saturated rings. The first-order valence-corrected chi connectivity index (χ1v) is 7.66. The van der Waals surface area contributed by atoms with E-state index in [0.717, 1.165) is 18.9 Å².